The molecule has 2 rings (SSSR count). The Morgan fingerprint density at radius 2 is 1.90 bits per heavy atom. The van der Waals surface area contributed by atoms with Gasteiger partial charge in [0.2, 0.25) is 5.78 Å². The van der Waals surface area contributed by atoms with Crippen LogP contribution in [0.3, 0.4) is 0 Å². The summed E-state index contributed by atoms with van der Waals surface area (Å²) in [5.74, 6) is -1.45. The van der Waals surface area contributed by atoms with Gasteiger partial charge in [-0.2, -0.15) is 5.10 Å². The van der Waals surface area contributed by atoms with Gasteiger partial charge in [0.25, 0.3) is 6.30 Å². The van der Waals surface area contributed by atoms with Gasteiger partial charge < -0.3 is 4.74 Å². The van der Waals surface area contributed by atoms with Gasteiger partial charge in [0, 0.05) is 5.56 Å². The number of ketones is 1. The SMILES string of the molecule is O=C(c1ccc(OC(F)(F)F)cc1)C(F)n1cncn1. The van der Waals surface area contributed by atoms with Crippen molar-refractivity contribution in [3.63, 3.8) is 0 Å². The van der Waals surface area contributed by atoms with E-state index in [-0.39, 0.29) is 5.56 Å². The third-order valence-corrected chi connectivity index (χ3v) is 2.26. The van der Waals surface area contributed by atoms with Gasteiger partial charge in [-0.1, -0.05) is 0 Å². The minimum Gasteiger partial charge on any atom is -0.406 e. The van der Waals surface area contributed by atoms with E-state index in [2.05, 4.69) is 14.8 Å². The smallest absolute Gasteiger partial charge is 0.406 e. The Hall–Kier alpha value is -2.45. The fourth-order valence-corrected chi connectivity index (χ4v) is 1.41. The number of nitrogens with zero attached hydrogens (tertiary/aromatic N) is 3. The molecule has 1 aromatic heterocycles. The largest absolute Gasteiger partial charge is 0.573 e. The summed E-state index contributed by atoms with van der Waals surface area (Å²) in [7, 11) is 0. The molecular weight excluding hydrogens is 282 g/mol. The lowest BCUT2D eigenvalue weighted by Gasteiger charge is -2.10. The van der Waals surface area contributed by atoms with Crippen LogP contribution in [0.5, 0.6) is 5.75 Å². The molecule has 0 saturated carbocycles. The number of alkyl halides is 4. The van der Waals surface area contributed by atoms with Crippen LogP contribution in [0.2, 0.25) is 0 Å². The third kappa shape index (κ3) is 3.31. The minimum atomic E-state index is -4.82. The highest BCUT2D eigenvalue weighted by Crippen LogP contribution is 2.24. The van der Waals surface area contributed by atoms with Crippen molar-refractivity contribution in [1.82, 2.24) is 14.8 Å². The minimum absolute atomic E-state index is 0.109. The predicted octanol–water partition coefficient (Wildman–Crippen LogP) is 2.53. The van der Waals surface area contributed by atoms with Gasteiger partial charge >= 0.3 is 6.36 Å². The predicted molar refractivity (Wildman–Crippen MR) is 57.6 cm³/mol. The highest BCUT2D eigenvalue weighted by molar-refractivity contribution is 5.98. The molecule has 1 unspecified atom stereocenters. The summed E-state index contributed by atoms with van der Waals surface area (Å²) in [5, 5.41) is 3.47. The maximum absolute atomic E-state index is 13.7. The van der Waals surface area contributed by atoms with Crippen molar-refractivity contribution in [3.05, 3.63) is 42.5 Å². The number of Topliss-reactive ketones (excluding diaryl/α,β-unsaturated/α-hetero) is 1. The molecule has 0 fully saturated rings. The van der Waals surface area contributed by atoms with E-state index in [1.165, 1.54) is 0 Å². The Kier molecular flexibility index (Phi) is 3.68. The maximum atomic E-state index is 13.7. The molecule has 0 bridgehead atoms. The van der Waals surface area contributed by atoms with Crippen LogP contribution in [0.1, 0.15) is 16.7 Å². The lowest BCUT2D eigenvalue weighted by molar-refractivity contribution is -0.274. The van der Waals surface area contributed by atoms with Gasteiger partial charge in [0.15, 0.2) is 0 Å². The second-order valence-corrected chi connectivity index (χ2v) is 3.65. The standard InChI is InChI=1S/C11H7F4N3O2/c12-10(18-6-16-5-17-18)9(19)7-1-3-8(4-2-7)20-11(13,14)15/h1-6,10H. The lowest BCUT2D eigenvalue weighted by Crippen LogP contribution is -2.18. The van der Waals surface area contributed by atoms with Gasteiger partial charge in [0.05, 0.1) is 0 Å². The average molecular weight is 289 g/mol. The zero-order valence-corrected chi connectivity index (χ0v) is 9.71. The molecule has 106 valence electrons. The molecule has 20 heavy (non-hydrogen) atoms. The summed E-state index contributed by atoms with van der Waals surface area (Å²) in [5.41, 5.74) is -0.109. The van der Waals surface area contributed by atoms with Crippen LogP contribution < -0.4 is 4.74 Å². The number of hydrogen-bond acceptors (Lipinski definition) is 4. The first-order chi connectivity index (χ1) is 9.37. The van der Waals surface area contributed by atoms with E-state index >= 15 is 0 Å². The topological polar surface area (TPSA) is 57.0 Å². The zero-order chi connectivity index (χ0) is 14.8. The van der Waals surface area contributed by atoms with E-state index in [0.717, 1.165) is 36.9 Å². The quantitative estimate of drug-likeness (QED) is 0.641. The fraction of sp³-hybridized carbons (Fsp3) is 0.182. The summed E-state index contributed by atoms with van der Waals surface area (Å²) in [6.07, 6.45) is -4.84. The van der Waals surface area contributed by atoms with Gasteiger partial charge in [-0.05, 0) is 24.3 Å². The Bertz CT molecular complexity index is 581. The summed E-state index contributed by atoms with van der Waals surface area (Å²) >= 11 is 0. The van der Waals surface area contributed by atoms with Crippen LogP contribution >= 0.6 is 0 Å². The summed E-state index contributed by atoms with van der Waals surface area (Å²) in [4.78, 5) is 15.2. The average Bonchev–Trinajstić information content (AvgIpc) is 2.90. The second kappa shape index (κ2) is 5.27. The van der Waals surface area contributed by atoms with E-state index in [1.807, 2.05) is 0 Å². The summed E-state index contributed by atoms with van der Waals surface area (Å²) in [6.45, 7) is 0. The number of aromatic nitrogens is 3. The van der Waals surface area contributed by atoms with Crippen LogP contribution in [0.25, 0.3) is 0 Å². The monoisotopic (exact) mass is 289 g/mol. The molecule has 0 aliphatic heterocycles. The normalized spacial score (nSPS) is 13.0. The Labute approximate surface area is 109 Å². The van der Waals surface area contributed by atoms with Crippen molar-refractivity contribution in [1.29, 1.82) is 0 Å². The van der Waals surface area contributed by atoms with E-state index in [1.54, 1.807) is 0 Å². The van der Waals surface area contributed by atoms with Crippen LogP contribution in [0.15, 0.2) is 36.9 Å². The molecule has 1 aromatic carbocycles. The number of benzene rings is 1. The number of rotatable bonds is 4. The number of halogens is 4. The molecular formula is C11H7F4N3O2. The summed E-state index contributed by atoms with van der Waals surface area (Å²) in [6, 6.07) is 3.92. The van der Waals surface area contributed by atoms with Crippen molar-refractivity contribution >= 4 is 5.78 Å². The van der Waals surface area contributed by atoms with Crippen molar-refractivity contribution in [3.8, 4) is 5.75 Å². The van der Waals surface area contributed by atoms with Crippen molar-refractivity contribution < 1.29 is 27.1 Å². The second-order valence-electron chi connectivity index (χ2n) is 3.65. The van der Waals surface area contributed by atoms with E-state index < -0.39 is 24.2 Å². The summed E-state index contributed by atoms with van der Waals surface area (Å²) < 4.78 is 53.9. The van der Waals surface area contributed by atoms with Gasteiger partial charge in [-0.3, -0.25) is 4.79 Å². The lowest BCUT2D eigenvalue weighted by atomic mass is 10.1. The molecule has 0 N–H and O–H groups in total. The molecule has 1 heterocycles. The highest BCUT2D eigenvalue weighted by Gasteiger charge is 2.31. The first-order valence-electron chi connectivity index (χ1n) is 5.25. The molecule has 0 saturated heterocycles. The Morgan fingerprint density at radius 3 is 2.40 bits per heavy atom. The molecule has 0 amide bonds. The Balaban J connectivity index is 2.12. The van der Waals surface area contributed by atoms with Crippen molar-refractivity contribution in [2.45, 2.75) is 12.7 Å². The molecule has 0 aliphatic rings. The molecule has 0 aliphatic carbocycles. The molecule has 2 aromatic rings. The van der Waals surface area contributed by atoms with Crippen LogP contribution in [-0.2, 0) is 0 Å². The molecule has 0 spiro atoms. The molecule has 9 heteroatoms. The molecule has 5 nitrogen and oxygen atoms in total. The van der Waals surface area contributed by atoms with E-state index in [0.29, 0.717) is 4.68 Å². The first-order valence-corrected chi connectivity index (χ1v) is 5.25. The zero-order valence-electron chi connectivity index (χ0n) is 9.71. The van der Waals surface area contributed by atoms with Crippen LogP contribution in [0.4, 0.5) is 17.6 Å². The highest BCUT2D eigenvalue weighted by atomic mass is 19.4. The number of carbonyl (C=O) groups is 1. The molecule has 0 radical (unpaired) electrons. The van der Waals surface area contributed by atoms with E-state index in [4.69, 9.17) is 0 Å². The van der Waals surface area contributed by atoms with Gasteiger partial charge in [-0.25, -0.2) is 14.1 Å². The van der Waals surface area contributed by atoms with E-state index in [9.17, 15) is 22.4 Å². The maximum Gasteiger partial charge on any atom is 0.573 e. The van der Waals surface area contributed by atoms with Crippen LogP contribution in [0, 0.1) is 0 Å². The number of hydrogen-bond donors (Lipinski definition) is 0. The number of carbonyl (C=O) groups excluding carboxylic acids is 1. The van der Waals surface area contributed by atoms with Crippen LogP contribution in [-0.4, -0.2) is 26.9 Å². The van der Waals surface area contributed by atoms with Crippen molar-refractivity contribution in [2.75, 3.05) is 0 Å². The van der Waals surface area contributed by atoms with Gasteiger partial charge in [0.1, 0.15) is 18.4 Å². The number of ether oxygens (including phenoxy) is 1. The van der Waals surface area contributed by atoms with Crippen molar-refractivity contribution in [2.24, 2.45) is 0 Å². The fourth-order valence-electron chi connectivity index (χ4n) is 1.41. The Morgan fingerprint density at radius 1 is 1.25 bits per heavy atom. The third-order valence-electron chi connectivity index (χ3n) is 2.26. The first kappa shape index (κ1) is 14.0. The van der Waals surface area contributed by atoms with Gasteiger partial charge in [-0.15, -0.1) is 13.2 Å². The molecule has 1 atom stereocenters.